The number of amides is 2. The molecule has 0 N–H and O–H groups in total. The van der Waals surface area contributed by atoms with E-state index < -0.39 is 0 Å². The Kier molecular flexibility index (Phi) is 6.52. The highest BCUT2D eigenvalue weighted by molar-refractivity contribution is 6.35. The summed E-state index contributed by atoms with van der Waals surface area (Å²) >= 11 is 0. The third-order valence-corrected chi connectivity index (χ3v) is 3.97. The van der Waals surface area contributed by atoms with Gasteiger partial charge in [0.2, 0.25) is 0 Å². The Morgan fingerprint density at radius 1 is 0.958 bits per heavy atom. The largest absolute Gasteiger partial charge is 0.383 e. The summed E-state index contributed by atoms with van der Waals surface area (Å²) in [5.41, 5.74) is 1.64. The first kappa shape index (κ1) is 18.2. The maximum atomic E-state index is 12.8. The van der Waals surface area contributed by atoms with Crippen molar-refractivity contribution in [3.63, 3.8) is 0 Å². The van der Waals surface area contributed by atoms with Gasteiger partial charge in [-0.25, -0.2) is 0 Å². The van der Waals surface area contributed by atoms with Crippen LogP contribution in [0, 0.1) is 0 Å². The molecule has 0 spiro atoms. The normalized spacial score (nSPS) is 14.7. The average molecular weight is 332 g/mol. The van der Waals surface area contributed by atoms with Crippen molar-refractivity contribution in [2.24, 2.45) is 0 Å². The predicted octanol–water partition coefficient (Wildman–Crippen LogP) is 1.38. The minimum Gasteiger partial charge on any atom is -0.383 e. The van der Waals surface area contributed by atoms with Gasteiger partial charge in [-0.2, -0.15) is 0 Å². The second-order valence-corrected chi connectivity index (χ2v) is 5.42. The van der Waals surface area contributed by atoms with Crippen LogP contribution in [-0.4, -0.2) is 68.7 Å². The van der Waals surface area contributed by atoms with Crippen molar-refractivity contribution in [1.82, 2.24) is 9.80 Å². The van der Waals surface area contributed by atoms with E-state index in [4.69, 9.17) is 9.47 Å². The van der Waals surface area contributed by atoms with E-state index in [-0.39, 0.29) is 11.8 Å². The first-order valence-corrected chi connectivity index (χ1v) is 8.04. The van der Waals surface area contributed by atoms with Gasteiger partial charge < -0.3 is 14.4 Å². The summed E-state index contributed by atoms with van der Waals surface area (Å²) < 4.78 is 10.3. The fourth-order valence-electron chi connectivity index (χ4n) is 2.75. The van der Waals surface area contributed by atoms with Crippen molar-refractivity contribution in [1.29, 1.82) is 0 Å². The lowest BCUT2D eigenvalue weighted by Crippen LogP contribution is -2.37. The lowest BCUT2D eigenvalue weighted by molar-refractivity contribution is -0.137. The minimum absolute atomic E-state index is 0.247. The van der Waals surface area contributed by atoms with E-state index >= 15 is 0 Å². The summed E-state index contributed by atoms with van der Waals surface area (Å²) in [6.45, 7) is 4.10. The van der Waals surface area contributed by atoms with Crippen LogP contribution in [0.25, 0.3) is 5.57 Å². The topological polar surface area (TPSA) is 59.1 Å². The van der Waals surface area contributed by atoms with E-state index in [0.717, 1.165) is 5.56 Å². The maximum absolute atomic E-state index is 12.8. The van der Waals surface area contributed by atoms with Gasteiger partial charge in [0.1, 0.15) is 5.70 Å². The molecule has 0 saturated carbocycles. The van der Waals surface area contributed by atoms with Gasteiger partial charge in [0.25, 0.3) is 11.8 Å². The Hall–Kier alpha value is -2.18. The molecule has 0 bridgehead atoms. The van der Waals surface area contributed by atoms with Crippen LogP contribution in [0.15, 0.2) is 36.0 Å². The van der Waals surface area contributed by atoms with Crippen LogP contribution >= 0.6 is 0 Å². The number of benzene rings is 1. The van der Waals surface area contributed by atoms with Crippen molar-refractivity contribution in [2.75, 3.05) is 47.1 Å². The van der Waals surface area contributed by atoms with Gasteiger partial charge in [-0.3, -0.25) is 14.5 Å². The summed E-state index contributed by atoms with van der Waals surface area (Å²) in [4.78, 5) is 28.8. The van der Waals surface area contributed by atoms with Crippen molar-refractivity contribution in [3.05, 3.63) is 41.6 Å². The van der Waals surface area contributed by atoms with Crippen molar-refractivity contribution in [3.8, 4) is 0 Å². The smallest absolute Gasteiger partial charge is 0.277 e. The molecule has 6 nitrogen and oxygen atoms in total. The van der Waals surface area contributed by atoms with Crippen molar-refractivity contribution in [2.45, 2.75) is 6.92 Å². The molecule has 2 amide bonds. The van der Waals surface area contributed by atoms with Gasteiger partial charge in [-0.15, -0.1) is 0 Å². The molecule has 1 aromatic carbocycles. The molecule has 130 valence electrons. The molecule has 6 heteroatoms. The zero-order valence-corrected chi connectivity index (χ0v) is 14.4. The molecule has 24 heavy (non-hydrogen) atoms. The summed E-state index contributed by atoms with van der Waals surface area (Å²) in [5, 5.41) is 0. The number of nitrogens with zero attached hydrogens (tertiary/aromatic N) is 2. The number of ether oxygens (including phenoxy) is 2. The van der Waals surface area contributed by atoms with Gasteiger partial charge in [0, 0.05) is 33.9 Å². The number of imide groups is 1. The van der Waals surface area contributed by atoms with Gasteiger partial charge >= 0.3 is 0 Å². The quantitative estimate of drug-likeness (QED) is 0.640. The number of hydrogen-bond donors (Lipinski definition) is 0. The zero-order chi connectivity index (χ0) is 17.5. The SMILES string of the molecule is CCN1C(=O)C(c2ccccc2)=C(N(CCOC)CCOC)C1=O. The molecule has 0 saturated heterocycles. The zero-order valence-electron chi connectivity index (χ0n) is 14.4. The third-order valence-electron chi connectivity index (χ3n) is 3.97. The molecular weight excluding hydrogens is 308 g/mol. The standard InChI is InChI=1S/C18H24N2O4/c1-4-20-17(21)15(14-8-6-5-7-9-14)16(18(20)22)19(10-12-23-2)11-13-24-3/h5-9H,4,10-13H2,1-3H3. The van der Waals surface area contributed by atoms with Crippen LogP contribution in [0.3, 0.4) is 0 Å². The highest BCUT2D eigenvalue weighted by atomic mass is 16.5. The van der Waals surface area contributed by atoms with Gasteiger partial charge in [-0.1, -0.05) is 30.3 Å². The highest BCUT2D eigenvalue weighted by Crippen LogP contribution is 2.31. The number of carbonyl (C=O) groups is 2. The van der Waals surface area contributed by atoms with Crippen LogP contribution in [0.1, 0.15) is 12.5 Å². The number of carbonyl (C=O) groups excluding carboxylic acids is 2. The fraction of sp³-hybridized carbons (Fsp3) is 0.444. The number of hydrogen-bond acceptors (Lipinski definition) is 5. The van der Waals surface area contributed by atoms with Crippen LogP contribution in [0.4, 0.5) is 0 Å². The lowest BCUT2D eigenvalue weighted by Gasteiger charge is -2.25. The molecule has 1 heterocycles. The molecule has 0 aromatic heterocycles. The van der Waals surface area contributed by atoms with E-state index in [9.17, 15) is 9.59 Å². The molecule has 0 atom stereocenters. The van der Waals surface area contributed by atoms with Crippen LogP contribution in [0.5, 0.6) is 0 Å². The monoisotopic (exact) mass is 332 g/mol. The number of likely N-dealkylation sites (N-methyl/N-ethyl adjacent to an activating group) is 1. The molecular formula is C18H24N2O4. The highest BCUT2D eigenvalue weighted by Gasteiger charge is 2.40. The minimum atomic E-state index is -0.256. The molecule has 0 fully saturated rings. The second kappa shape index (κ2) is 8.61. The maximum Gasteiger partial charge on any atom is 0.277 e. The molecule has 0 aliphatic carbocycles. The summed E-state index contributed by atoms with van der Waals surface area (Å²) in [6.07, 6.45) is 0. The molecule has 1 aliphatic rings. The van der Waals surface area contributed by atoms with Gasteiger partial charge in [-0.05, 0) is 12.5 Å². The number of methoxy groups -OCH3 is 2. The van der Waals surface area contributed by atoms with E-state index in [1.54, 1.807) is 21.1 Å². The Morgan fingerprint density at radius 2 is 1.54 bits per heavy atom. The van der Waals surface area contributed by atoms with E-state index in [1.807, 2.05) is 35.2 Å². The first-order valence-electron chi connectivity index (χ1n) is 8.04. The lowest BCUT2D eigenvalue weighted by atomic mass is 10.0. The van der Waals surface area contributed by atoms with Crippen molar-refractivity contribution >= 4 is 17.4 Å². The summed E-state index contributed by atoms with van der Waals surface area (Å²) in [7, 11) is 3.22. The molecule has 0 radical (unpaired) electrons. The Morgan fingerprint density at radius 3 is 2.04 bits per heavy atom. The average Bonchev–Trinajstić information content (AvgIpc) is 2.86. The second-order valence-electron chi connectivity index (χ2n) is 5.42. The van der Waals surface area contributed by atoms with Gasteiger partial charge in [0.05, 0.1) is 18.8 Å². The van der Waals surface area contributed by atoms with E-state index in [1.165, 1.54) is 4.90 Å². The number of rotatable bonds is 9. The van der Waals surface area contributed by atoms with Crippen molar-refractivity contribution < 1.29 is 19.1 Å². The third kappa shape index (κ3) is 3.66. The van der Waals surface area contributed by atoms with Gasteiger partial charge in [0.15, 0.2) is 0 Å². The van der Waals surface area contributed by atoms with E-state index in [2.05, 4.69) is 0 Å². The fourth-order valence-corrected chi connectivity index (χ4v) is 2.75. The Bertz CT molecular complexity index is 605. The first-order chi connectivity index (χ1) is 11.7. The molecule has 1 aromatic rings. The Labute approximate surface area is 142 Å². The van der Waals surface area contributed by atoms with Crippen LogP contribution < -0.4 is 0 Å². The summed E-state index contributed by atoms with van der Waals surface area (Å²) in [6, 6.07) is 9.31. The molecule has 2 rings (SSSR count). The van der Waals surface area contributed by atoms with Crippen LogP contribution in [-0.2, 0) is 19.1 Å². The van der Waals surface area contributed by atoms with E-state index in [0.29, 0.717) is 44.1 Å². The molecule has 0 unspecified atom stereocenters. The molecule has 1 aliphatic heterocycles. The Balaban J connectivity index is 2.49. The summed E-state index contributed by atoms with van der Waals surface area (Å²) in [5.74, 6) is -0.503. The predicted molar refractivity (Wildman–Crippen MR) is 91.1 cm³/mol. The van der Waals surface area contributed by atoms with Crippen LogP contribution in [0.2, 0.25) is 0 Å².